The quantitative estimate of drug-likeness (QED) is 0.842. The van der Waals surface area contributed by atoms with Crippen LogP contribution >= 0.6 is 0 Å². The lowest BCUT2D eigenvalue weighted by Crippen LogP contribution is -2.31. The first-order valence-corrected chi connectivity index (χ1v) is 6.37. The number of nitrogens with two attached hydrogens (primary N) is 1. The predicted molar refractivity (Wildman–Crippen MR) is 75.1 cm³/mol. The van der Waals surface area contributed by atoms with Gasteiger partial charge in [0.2, 0.25) is 0 Å². The number of ether oxygens (including phenoxy) is 1. The van der Waals surface area contributed by atoms with Crippen LogP contribution in [0.4, 0.5) is 0 Å². The van der Waals surface area contributed by atoms with Crippen LogP contribution in [0.25, 0.3) is 0 Å². The second-order valence-electron chi connectivity index (χ2n) is 4.43. The molecule has 1 unspecified atom stereocenters. The monoisotopic (exact) mass is 274 g/mol. The normalized spacial score (nSPS) is 12.1. The molecule has 0 aliphatic heterocycles. The number of hydrogen-bond donors (Lipinski definition) is 2. The number of rotatable bonds is 6. The van der Waals surface area contributed by atoms with E-state index in [2.05, 4.69) is 5.32 Å². The van der Waals surface area contributed by atoms with E-state index in [4.69, 9.17) is 14.9 Å². The molecule has 2 rings (SSSR count). The van der Waals surface area contributed by atoms with Crippen LogP contribution in [-0.4, -0.2) is 19.6 Å². The molecule has 5 heteroatoms. The molecule has 0 radical (unpaired) electrons. The Labute approximate surface area is 117 Å². The Morgan fingerprint density at radius 1 is 1.30 bits per heavy atom. The summed E-state index contributed by atoms with van der Waals surface area (Å²) >= 11 is 0. The van der Waals surface area contributed by atoms with E-state index >= 15 is 0 Å². The molecule has 5 nitrogen and oxygen atoms in total. The molecule has 0 fully saturated rings. The summed E-state index contributed by atoms with van der Waals surface area (Å²) in [5.41, 5.74) is 6.99. The topological polar surface area (TPSA) is 77.5 Å². The highest BCUT2D eigenvalue weighted by atomic mass is 16.5. The van der Waals surface area contributed by atoms with Crippen LogP contribution in [0.1, 0.15) is 27.9 Å². The molecule has 1 aromatic heterocycles. The Morgan fingerprint density at radius 2 is 2.05 bits per heavy atom. The fraction of sp³-hybridized carbons (Fsp3) is 0.267. The van der Waals surface area contributed by atoms with E-state index in [9.17, 15) is 4.79 Å². The van der Waals surface area contributed by atoms with Crippen LogP contribution in [0.3, 0.4) is 0 Å². The van der Waals surface area contributed by atoms with Crippen molar-refractivity contribution in [1.82, 2.24) is 5.32 Å². The standard InChI is InChI=1S/C15H18N2O3/c1-19-10-12-7-8-14(20-12)15(18)17-9-13(16)11-5-3-2-4-6-11/h2-8,13H,9-10,16H2,1H3,(H,17,18). The van der Waals surface area contributed by atoms with Gasteiger partial charge in [0.15, 0.2) is 5.76 Å². The van der Waals surface area contributed by atoms with E-state index in [-0.39, 0.29) is 17.7 Å². The number of hydrogen-bond acceptors (Lipinski definition) is 4. The molecule has 0 bridgehead atoms. The van der Waals surface area contributed by atoms with Gasteiger partial charge in [-0.3, -0.25) is 4.79 Å². The molecule has 0 saturated heterocycles. The van der Waals surface area contributed by atoms with E-state index in [1.807, 2.05) is 30.3 Å². The van der Waals surface area contributed by atoms with Crippen LogP contribution in [-0.2, 0) is 11.3 Å². The smallest absolute Gasteiger partial charge is 0.287 e. The Morgan fingerprint density at radius 3 is 2.75 bits per heavy atom. The third-order valence-electron chi connectivity index (χ3n) is 2.88. The average Bonchev–Trinajstić information content (AvgIpc) is 2.94. The van der Waals surface area contributed by atoms with Crippen molar-refractivity contribution in [2.24, 2.45) is 5.73 Å². The zero-order valence-corrected chi connectivity index (χ0v) is 11.3. The first kappa shape index (κ1) is 14.3. The number of carbonyl (C=O) groups is 1. The van der Waals surface area contributed by atoms with Crippen molar-refractivity contribution in [2.45, 2.75) is 12.6 Å². The number of amides is 1. The maximum Gasteiger partial charge on any atom is 0.287 e. The Kier molecular flexibility index (Phi) is 4.92. The fourth-order valence-corrected chi connectivity index (χ4v) is 1.83. The van der Waals surface area contributed by atoms with Gasteiger partial charge in [-0.1, -0.05) is 30.3 Å². The van der Waals surface area contributed by atoms with Crippen molar-refractivity contribution in [3.05, 3.63) is 59.5 Å². The van der Waals surface area contributed by atoms with E-state index in [0.717, 1.165) is 5.56 Å². The first-order valence-electron chi connectivity index (χ1n) is 6.37. The van der Waals surface area contributed by atoms with Crippen LogP contribution in [0.2, 0.25) is 0 Å². The van der Waals surface area contributed by atoms with Crippen LogP contribution in [0.15, 0.2) is 46.9 Å². The summed E-state index contributed by atoms with van der Waals surface area (Å²) in [5, 5.41) is 2.75. The van der Waals surface area contributed by atoms with E-state index in [1.54, 1.807) is 19.2 Å². The van der Waals surface area contributed by atoms with E-state index in [0.29, 0.717) is 18.9 Å². The molecule has 2 aromatic rings. The van der Waals surface area contributed by atoms with Crippen molar-refractivity contribution in [1.29, 1.82) is 0 Å². The first-order chi connectivity index (χ1) is 9.70. The number of carbonyl (C=O) groups excluding carboxylic acids is 1. The molecule has 3 N–H and O–H groups in total. The van der Waals surface area contributed by atoms with Crippen molar-refractivity contribution < 1.29 is 13.9 Å². The fourth-order valence-electron chi connectivity index (χ4n) is 1.83. The lowest BCUT2D eigenvalue weighted by atomic mass is 10.1. The van der Waals surface area contributed by atoms with Crippen molar-refractivity contribution in [2.75, 3.05) is 13.7 Å². The summed E-state index contributed by atoms with van der Waals surface area (Å²) in [6, 6.07) is 12.7. The van der Waals surface area contributed by atoms with Gasteiger partial charge in [-0.25, -0.2) is 0 Å². The lowest BCUT2D eigenvalue weighted by molar-refractivity contribution is 0.0914. The van der Waals surface area contributed by atoms with E-state index in [1.165, 1.54) is 0 Å². The molecule has 1 amide bonds. The van der Waals surface area contributed by atoms with Gasteiger partial charge in [0.1, 0.15) is 12.4 Å². The van der Waals surface area contributed by atoms with Gasteiger partial charge in [0.05, 0.1) is 0 Å². The SMILES string of the molecule is COCc1ccc(C(=O)NCC(N)c2ccccc2)o1. The highest BCUT2D eigenvalue weighted by Gasteiger charge is 2.13. The Balaban J connectivity index is 1.88. The summed E-state index contributed by atoms with van der Waals surface area (Å²) in [4.78, 5) is 11.9. The third kappa shape index (κ3) is 3.69. The average molecular weight is 274 g/mol. The van der Waals surface area contributed by atoms with E-state index < -0.39 is 0 Å². The van der Waals surface area contributed by atoms with Gasteiger partial charge in [-0.05, 0) is 17.7 Å². The van der Waals surface area contributed by atoms with Crippen molar-refractivity contribution in [3.63, 3.8) is 0 Å². The molecule has 20 heavy (non-hydrogen) atoms. The molecule has 1 aromatic carbocycles. The minimum absolute atomic E-state index is 0.242. The molecular weight excluding hydrogens is 256 g/mol. The maximum atomic E-state index is 11.9. The van der Waals surface area contributed by atoms with Gasteiger partial charge >= 0.3 is 0 Å². The van der Waals surface area contributed by atoms with Gasteiger partial charge in [-0.15, -0.1) is 0 Å². The zero-order valence-electron chi connectivity index (χ0n) is 11.3. The second-order valence-corrected chi connectivity index (χ2v) is 4.43. The summed E-state index contributed by atoms with van der Waals surface area (Å²) in [5.74, 6) is 0.598. The van der Waals surface area contributed by atoms with Gasteiger partial charge in [0, 0.05) is 19.7 Å². The highest BCUT2D eigenvalue weighted by molar-refractivity contribution is 5.91. The molecule has 1 atom stereocenters. The molecule has 0 aliphatic rings. The van der Waals surface area contributed by atoms with Gasteiger partial charge in [0.25, 0.3) is 5.91 Å². The summed E-state index contributed by atoms with van der Waals surface area (Å²) in [6.07, 6.45) is 0. The zero-order chi connectivity index (χ0) is 14.4. The highest BCUT2D eigenvalue weighted by Crippen LogP contribution is 2.10. The molecule has 106 valence electrons. The summed E-state index contributed by atoms with van der Waals surface area (Å²) in [7, 11) is 1.57. The Hall–Kier alpha value is -2.11. The van der Waals surface area contributed by atoms with Gasteiger partial charge in [-0.2, -0.15) is 0 Å². The van der Waals surface area contributed by atoms with Gasteiger partial charge < -0.3 is 20.2 Å². The minimum Gasteiger partial charge on any atom is -0.453 e. The summed E-state index contributed by atoms with van der Waals surface area (Å²) in [6.45, 7) is 0.694. The number of methoxy groups -OCH3 is 1. The maximum absolute atomic E-state index is 11.9. The predicted octanol–water partition coefficient (Wildman–Crippen LogP) is 1.86. The van der Waals surface area contributed by atoms with Crippen LogP contribution in [0.5, 0.6) is 0 Å². The molecular formula is C15H18N2O3. The van der Waals surface area contributed by atoms with Crippen molar-refractivity contribution in [3.8, 4) is 0 Å². The number of benzene rings is 1. The third-order valence-corrected chi connectivity index (χ3v) is 2.88. The molecule has 1 heterocycles. The minimum atomic E-state index is -0.279. The molecule has 0 saturated carbocycles. The number of nitrogens with one attached hydrogen (secondary N) is 1. The summed E-state index contributed by atoms with van der Waals surface area (Å²) < 4.78 is 10.3. The number of furan rings is 1. The molecule has 0 aliphatic carbocycles. The lowest BCUT2D eigenvalue weighted by Gasteiger charge is -2.12. The molecule has 0 spiro atoms. The van der Waals surface area contributed by atoms with Crippen molar-refractivity contribution >= 4 is 5.91 Å². The van der Waals surface area contributed by atoms with Crippen LogP contribution < -0.4 is 11.1 Å². The second kappa shape index (κ2) is 6.88. The Bertz CT molecular complexity index is 551. The van der Waals surface area contributed by atoms with Crippen LogP contribution in [0, 0.1) is 0 Å². The largest absolute Gasteiger partial charge is 0.453 e.